The van der Waals surface area contributed by atoms with Crippen LogP contribution in [0.4, 0.5) is 0 Å². The molecule has 7 fully saturated rings. The van der Waals surface area contributed by atoms with E-state index in [1.165, 1.54) is 0 Å². The van der Waals surface area contributed by atoms with E-state index in [2.05, 4.69) is 0 Å². The molecule has 0 aromatic carbocycles. The Morgan fingerprint density at radius 2 is 0.224 bits per heavy atom. The van der Waals surface area contributed by atoms with Crippen molar-refractivity contribution in [2.24, 2.45) is 0 Å². The number of esters is 23. The zero-order chi connectivity index (χ0) is 110. The standard InChI is InChI=1S/C88H118O59/c1-31(89)112-24-54-61(119-38(8)96)68(120-39(9)97)76(128-47(17)105)83(136-54)143-63-56(26-114-33(3)91)138-85(78(130-49(19)107)70(63)122-41(11)99)145-65-58(28-116-35(5)93)140-87(80(132-51(21)109)72(65)124-43(13)101)147-67-60(30-118-37(7)95)141-88(81(133-52(22)110)74(67)126-45(15)103)146-66-59(29-117-36(6)94)139-86(79(131-50(20)108)73(66)125-44(14)102)144-64-57(27-115-34(4)92)137-84(77(129-48(18)106)71(64)123-42(12)100)142-62-55(25-113-32(2)90)135-82(134-53(23)111)75(127-46(16)104)69(62)121-40(10)98/h54-88H,24-30H2,1-23H3/t54-,55-,56-,57-,58-,59-,60-,61-,62-,63-,64-,65-,66-,67-,68+,69+,70+,71+,72+,73+,74+,75-,76-,77-,78-,79-,80-,81-,82+,83+,84+,85+,86+,87+,88+/m1/s1. The smallest absolute Gasteiger partial charge is 0.305 e. The van der Waals surface area contributed by atoms with Crippen molar-refractivity contribution in [1.29, 1.82) is 0 Å². The second kappa shape index (κ2) is 55.9. The number of carbonyl (C=O) groups is 23. The van der Waals surface area contributed by atoms with Crippen molar-refractivity contribution >= 4 is 137 Å². The maximum atomic E-state index is 14.0. The molecular formula is C88H118O59. The summed E-state index contributed by atoms with van der Waals surface area (Å²) < 4.78 is 214. The molecule has 7 aliphatic rings. The van der Waals surface area contributed by atoms with E-state index in [1.807, 2.05) is 0 Å². The predicted octanol–water partition coefficient (Wildman–Crippen LogP) is -3.15. The van der Waals surface area contributed by atoms with Gasteiger partial charge in [0.05, 0.1) is 0 Å². The molecule has 7 aliphatic heterocycles. The van der Waals surface area contributed by atoms with Crippen molar-refractivity contribution < 1.29 is 281 Å². The SMILES string of the molecule is CC(=O)OC[C@H]1O[C@@H](O[C@H]2[C@H](OC(C)=O)[C@@H](OC(C)=O)[C@H](O[C@H]3[C@H](OC(C)=O)[C@@H](OC(C)=O)[C@H](O[C@H]4[C@H](OC(C)=O)[C@@H](OC(C)=O)[C@H](O[C@H]5[C@H](OC(C)=O)[C@@H](OC(C)=O)[C@H](O[C@H]6[C@H](OC(C)=O)[C@@H](OC(C)=O)[C@H](O[C@H]7[C@H](OC(C)=O)[C@@H](OC(C)=O)[C@@H](OC(C)=O)O[C@@H]7COC(C)=O)O[C@@H]6COC(C)=O)O[C@@H]5COC(C)=O)O[C@@H]4COC(C)=O)O[C@@H]3COC(C)=O)O[C@@H]2COC(C)=O)[C@H](OC(C)=O)[C@@H](OC(C)=O)[C@@H]1OC(C)=O. The Morgan fingerprint density at radius 1 is 0.122 bits per heavy atom. The van der Waals surface area contributed by atoms with E-state index >= 15 is 0 Å². The van der Waals surface area contributed by atoms with Crippen LogP contribution in [0.5, 0.6) is 0 Å². The second-order valence-electron chi connectivity index (χ2n) is 33.2. The van der Waals surface area contributed by atoms with Crippen LogP contribution < -0.4 is 0 Å². The van der Waals surface area contributed by atoms with Gasteiger partial charge in [-0.05, 0) is 0 Å². The fourth-order valence-corrected chi connectivity index (χ4v) is 16.1. The first-order valence-electron chi connectivity index (χ1n) is 45.0. The van der Waals surface area contributed by atoms with E-state index in [1.54, 1.807) is 0 Å². The van der Waals surface area contributed by atoms with Gasteiger partial charge < -0.3 is 171 Å². The van der Waals surface area contributed by atoms with Gasteiger partial charge in [0.2, 0.25) is 12.4 Å². The lowest BCUT2D eigenvalue weighted by Crippen LogP contribution is -2.70. The van der Waals surface area contributed by atoms with Crippen LogP contribution in [0.2, 0.25) is 0 Å². The van der Waals surface area contributed by atoms with E-state index in [0.29, 0.717) is 0 Å². The molecule has 0 saturated carbocycles. The summed E-state index contributed by atoms with van der Waals surface area (Å²) >= 11 is 0. The van der Waals surface area contributed by atoms with Crippen LogP contribution in [0.3, 0.4) is 0 Å². The Balaban J connectivity index is 1.40. The van der Waals surface area contributed by atoms with Crippen LogP contribution >= 0.6 is 0 Å². The highest BCUT2D eigenvalue weighted by Gasteiger charge is 2.66. The highest BCUT2D eigenvalue weighted by Crippen LogP contribution is 2.45. The third kappa shape index (κ3) is 36.7. The Bertz CT molecular complexity index is 4650. The molecule has 0 spiro atoms. The van der Waals surface area contributed by atoms with Crippen LogP contribution in [0, 0.1) is 0 Å². The second-order valence-corrected chi connectivity index (χ2v) is 33.2. The maximum absolute atomic E-state index is 14.0. The van der Waals surface area contributed by atoms with Gasteiger partial charge >= 0.3 is 137 Å². The quantitative estimate of drug-likeness (QED) is 0.0430. The lowest BCUT2D eigenvalue weighted by molar-refractivity contribution is -0.398. The van der Waals surface area contributed by atoms with Gasteiger partial charge in [0, 0.05) is 159 Å². The van der Waals surface area contributed by atoms with E-state index in [-0.39, 0.29) is 0 Å². The van der Waals surface area contributed by atoms with E-state index in [9.17, 15) is 110 Å². The van der Waals surface area contributed by atoms with Crippen molar-refractivity contribution in [2.75, 3.05) is 46.2 Å². The molecule has 0 radical (unpaired) electrons. The van der Waals surface area contributed by atoms with Gasteiger partial charge in [0.25, 0.3) is 0 Å². The summed E-state index contributed by atoms with van der Waals surface area (Å²) in [6.45, 7) is 12.4. The summed E-state index contributed by atoms with van der Waals surface area (Å²) in [4.78, 5) is 306. The first-order chi connectivity index (χ1) is 68.8. The first kappa shape index (κ1) is 121. The molecule has 824 valence electrons. The van der Waals surface area contributed by atoms with Crippen molar-refractivity contribution in [3.63, 3.8) is 0 Å². The average molecular weight is 2120 g/mol. The van der Waals surface area contributed by atoms with Crippen molar-refractivity contribution in [3.8, 4) is 0 Å². The normalized spacial score (nSPS) is 32.8. The van der Waals surface area contributed by atoms with Crippen molar-refractivity contribution in [1.82, 2.24) is 0 Å². The Labute approximate surface area is 835 Å². The van der Waals surface area contributed by atoms with E-state index < -0.39 is 398 Å². The van der Waals surface area contributed by atoms with Gasteiger partial charge in [-0.15, -0.1) is 0 Å². The number of ether oxygens (including phenoxy) is 36. The molecular weight excluding hydrogens is 2000 g/mol. The van der Waals surface area contributed by atoms with E-state index in [0.717, 1.165) is 159 Å². The zero-order valence-electron chi connectivity index (χ0n) is 83.7. The van der Waals surface area contributed by atoms with Gasteiger partial charge in [-0.1, -0.05) is 0 Å². The third-order valence-corrected chi connectivity index (χ3v) is 20.9. The van der Waals surface area contributed by atoms with Crippen LogP contribution in [-0.4, -0.2) is 398 Å². The summed E-state index contributed by atoms with van der Waals surface area (Å²) in [6, 6.07) is 0. The summed E-state index contributed by atoms with van der Waals surface area (Å²) in [5, 5.41) is 0. The lowest BCUT2D eigenvalue weighted by Gasteiger charge is -2.52. The number of hydrogen-bond acceptors (Lipinski definition) is 59. The molecule has 0 unspecified atom stereocenters. The number of hydrogen-bond donors (Lipinski definition) is 0. The average Bonchev–Trinajstić information content (AvgIpc) is 0.752. The number of rotatable bonds is 42. The summed E-state index contributed by atoms with van der Waals surface area (Å²) in [5.74, 6) is -27.1. The van der Waals surface area contributed by atoms with Gasteiger partial charge in [0.15, 0.2) is 123 Å². The monoisotopic (exact) mass is 2120 g/mol. The van der Waals surface area contributed by atoms with Crippen LogP contribution in [0.25, 0.3) is 0 Å². The maximum Gasteiger partial charge on any atom is 0.305 e. The fourth-order valence-electron chi connectivity index (χ4n) is 16.1. The van der Waals surface area contributed by atoms with Gasteiger partial charge in [-0.25, -0.2) is 0 Å². The molecule has 0 aromatic rings. The molecule has 0 bridgehead atoms. The Morgan fingerprint density at radius 3 is 0.354 bits per heavy atom. The van der Waals surface area contributed by atoms with Crippen LogP contribution in [0.1, 0.15) is 159 Å². The Hall–Kier alpha value is -12.7. The lowest BCUT2D eigenvalue weighted by atomic mass is 9.94. The summed E-state index contributed by atoms with van der Waals surface area (Å²) in [5.41, 5.74) is 0. The van der Waals surface area contributed by atoms with Gasteiger partial charge in [-0.2, -0.15) is 0 Å². The summed E-state index contributed by atoms with van der Waals surface area (Å²) in [6.07, 6.45) is -77.1. The molecule has 7 rings (SSSR count). The molecule has 59 nitrogen and oxygen atoms in total. The fraction of sp³-hybridized carbons (Fsp3) is 0.739. The molecule has 0 aliphatic carbocycles. The first-order valence-corrected chi connectivity index (χ1v) is 45.0. The third-order valence-electron chi connectivity index (χ3n) is 20.9. The highest BCUT2D eigenvalue weighted by molar-refractivity contribution is 5.74. The van der Waals surface area contributed by atoms with Crippen LogP contribution in [0.15, 0.2) is 0 Å². The topological polar surface area (TPSA) is 725 Å². The molecule has 7 saturated heterocycles. The predicted molar refractivity (Wildman–Crippen MR) is 451 cm³/mol. The molecule has 35 atom stereocenters. The zero-order valence-corrected chi connectivity index (χ0v) is 83.7. The van der Waals surface area contributed by atoms with Gasteiger partial charge in [-0.3, -0.25) is 110 Å². The molecule has 0 amide bonds. The van der Waals surface area contributed by atoms with Crippen molar-refractivity contribution in [2.45, 2.75) is 374 Å². The molecule has 0 N–H and O–H groups in total. The minimum Gasteiger partial charge on any atom is -0.463 e. The highest BCUT2D eigenvalue weighted by atomic mass is 16.8. The number of carbonyl (C=O) groups excluding carboxylic acids is 23. The van der Waals surface area contributed by atoms with Crippen LogP contribution in [-0.2, 0) is 281 Å². The van der Waals surface area contributed by atoms with Gasteiger partial charge in [0.1, 0.15) is 126 Å². The molecule has 7 heterocycles. The Kier molecular flexibility index (Phi) is 46.1. The van der Waals surface area contributed by atoms with E-state index in [4.69, 9.17) is 171 Å². The minimum atomic E-state index is -2.51. The summed E-state index contributed by atoms with van der Waals surface area (Å²) in [7, 11) is 0. The molecule has 59 heteroatoms. The minimum absolute atomic E-state index is 0.772. The van der Waals surface area contributed by atoms with Crippen molar-refractivity contribution in [3.05, 3.63) is 0 Å². The molecule has 0 aromatic heterocycles. The largest absolute Gasteiger partial charge is 0.463 e. The molecule has 147 heavy (non-hydrogen) atoms.